The summed E-state index contributed by atoms with van der Waals surface area (Å²) in [4.78, 5) is 14.6. The van der Waals surface area contributed by atoms with Crippen molar-refractivity contribution in [2.45, 2.75) is 13.8 Å². The lowest BCUT2D eigenvalue weighted by Gasteiger charge is -2.20. The highest BCUT2D eigenvalue weighted by Gasteiger charge is 2.11. The molecule has 1 heterocycles. The Bertz CT molecular complexity index is 975. The SMILES string of the molecule is CCN(CC)c1ccc(/C=N\NC(=O)c2cc(-c3cccc(OC)c3)n[nH]2)cc1. The molecule has 0 radical (unpaired) electrons. The average molecular weight is 391 g/mol. The zero-order valence-electron chi connectivity index (χ0n) is 16.8. The summed E-state index contributed by atoms with van der Waals surface area (Å²) >= 11 is 0. The van der Waals surface area contributed by atoms with Gasteiger partial charge in [-0.2, -0.15) is 10.2 Å². The van der Waals surface area contributed by atoms with Gasteiger partial charge in [0.1, 0.15) is 11.4 Å². The van der Waals surface area contributed by atoms with E-state index in [1.54, 1.807) is 19.4 Å². The quantitative estimate of drug-likeness (QED) is 0.453. The maximum Gasteiger partial charge on any atom is 0.289 e. The van der Waals surface area contributed by atoms with Gasteiger partial charge in [-0.3, -0.25) is 9.89 Å². The predicted molar refractivity (Wildman–Crippen MR) is 116 cm³/mol. The van der Waals surface area contributed by atoms with E-state index in [-0.39, 0.29) is 5.91 Å². The molecule has 7 heteroatoms. The normalized spacial score (nSPS) is 10.9. The fraction of sp³-hybridized carbons (Fsp3) is 0.227. The molecule has 0 saturated carbocycles. The molecule has 3 aromatic rings. The van der Waals surface area contributed by atoms with Crippen LogP contribution in [0.15, 0.2) is 59.7 Å². The van der Waals surface area contributed by atoms with Crippen LogP contribution < -0.4 is 15.1 Å². The molecule has 0 unspecified atom stereocenters. The number of amides is 1. The third-order valence-electron chi connectivity index (χ3n) is 4.59. The number of hydrogen-bond donors (Lipinski definition) is 2. The second-order valence-corrected chi connectivity index (χ2v) is 6.36. The van der Waals surface area contributed by atoms with Gasteiger partial charge in [0.2, 0.25) is 0 Å². The number of hydrazone groups is 1. The smallest absolute Gasteiger partial charge is 0.289 e. The van der Waals surface area contributed by atoms with Crippen molar-refractivity contribution in [3.05, 3.63) is 65.9 Å². The van der Waals surface area contributed by atoms with E-state index in [1.807, 2.05) is 48.5 Å². The Morgan fingerprint density at radius 3 is 2.62 bits per heavy atom. The highest BCUT2D eigenvalue weighted by atomic mass is 16.5. The van der Waals surface area contributed by atoms with Gasteiger partial charge in [0.05, 0.1) is 19.0 Å². The van der Waals surface area contributed by atoms with Crippen molar-refractivity contribution in [2.75, 3.05) is 25.1 Å². The summed E-state index contributed by atoms with van der Waals surface area (Å²) in [6, 6.07) is 17.2. The summed E-state index contributed by atoms with van der Waals surface area (Å²) in [5.74, 6) is 0.371. The summed E-state index contributed by atoms with van der Waals surface area (Å²) in [6.45, 7) is 6.18. The van der Waals surface area contributed by atoms with Crippen LogP contribution in [0.5, 0.6) is 5.75 Å². The molecule has 0 aliphatic rings. The van der Waals surface area contributed by atoms with Crippen LogP contribution in [0.1, 0.15) is 29.9 Å². The molecular formula is C22H25N5O2. The molecule has 3 rings (SSSR count). The maximum absolute atomic E-state index is 12.3. The Morgan fingerprint density at radius 2 is 1.93 bits per heavy atom. The molecule has 0 aliphatic carbocycles. The van der Waals surface area contributed by atoms with Crippen LogP contribution in [-0.4, -0.2) is 42.5 Å². The van der Waals surface area contributed by atoms with Gasteiger partial charge in [0, 0.05) is 24.3 Å². The van der Waals surface area contributed by atoms with E-state index < -0.39 is 0 Å². The number of hydrogen-bond acceptors (Lipinski definition) is 5. The molecule has 0 saturated heterocycles. The number of nitrogens with one attached hydrogen (secondary N) is 2. The van der Waals surface area contributed by atoms with E-state index in [9.17, 15) is 4.79 Å². The molecule has 1 amide bonds. The van der Waals surface area contributed by atoms with Crippen molar-refractivity contribution in [3.63, 3.8) is 0 Å². The minimum absolute atomic E-state index is 0.330. The summed E-state index contributed by atoms with van der Waals surface area (Å²) in [5, 5.41) is 11.0. The number of H-pyrrole nitrogens is 1. The Kier molecular flexibility index (Phi) is 6.63. The minimum Gasteiger partial charge on any atom is -0.497 e. The van der Waals surface area contributed by atoms with Gasteiger partial charge in [0.15, 0.2) is 0 Å². The fourth-order valence-corrected chi connectivity index (χ4v) is 2.95. The number of anilines is 1. The van der Waals surface area contributed by atoms with Crippen LogP contribution in [-0.2, 0) is 0 Å². The van der Waals surface area contributed by atoms with Crippen molar-refractivity contribution < 1.29 is 9.53 Å². The van der Waals surface area contributed by atoms with Crippen LogP contribution in [0, 0.1) is 0 Å². The number of carbonyl (C=O) groups is 1. The first kappa shape index (κ1) is 20.1. The highest BCUT2D eigenvalue weighted by Crippen LogP contribution is 2.22. The second kappa shape index (κ2) is 9.54. The van der Waals surface area contributed by atoms with E-state index in [4.69, 9.17) is 4.74 Å². The van der Waals surface area contributed by atoms with Crippen molar-refractivity contribution in [1.29, 1.82) is 0 Å². The third-order valence-corrected chi connectivity index (χ3v) is 4.59. The predicted octanol–water partition coefficient (Wildman–Crippen LogP) is 3.70. The van der Waals surface area contributed by atoms with E-state index in [2.05, 4.69) is 39.5 Å². The lowest BCUT2D eigenvalue weighted by Crippen LogP contribution is -2.21. The van der Waals surface area contributed by atoms with Gasteiger partial charge in [-0.15, -0.1) is 0 Å². The Balaban J connectivity index is 1.61. The molecular weight excluding hydrogens is 366 g/mol. The lowest BCUT2D eigenvalue weighted by molar-refractivity contribution is 0.0950. The van der Waals surface area contributed by atoms with E-state index in [1.165, 1.54) is 5.69 Å². The molecule has 0 fully saturated rings. The van der Waals surface area contributed by atoms with E-state index >= 15 is 0 Å². The van der Waals surface area contributed by atoms with Gasteiger partial charge in [0.25, 0.3) is 5.91 Å². The number of aromatic nitrogens is 2. The van der Waals surface area contributed by atoms with Crippen LogP contribution in [0.2, 0.25) is 0 Å². The molecule has 7 nitrogen and oxygen atoms in total. The van der Waals surface area contributed by atoms with Gasteiger partial charge in [-0.05, 0) is 49.7 Å². The second-order valence-electron chi connectivity index (χ2n) is 6.36. The Labute approximate surface area is 170 Å². The van der Waals surface area contributed by atoms with Gasteiger partial charge >= 0.3 is 0 Å². The third kappa shape index (κ3) is 5.01. The first-order valence-electron chi connectivity index (χ1n) is 9.52. The zero-order valence-corrected chi connectivity index (χ0v) is 16.8. The number of carbonyl (C=O) groups excluding carboxylic acids is 1. The van der Waals surface area contributed by atoms with Crippen LogP contribution in [0.3, 0.4) is 0 Å². The number of ether oxygens (including phenoxy) is 1. The molecule has 0 atom stereocenters. The Morgan fingerprint density at radius 1 is 1.17 bits per heavy atom. The van der Waals surface area contributed by atoms with Crippen molar-refractivity contribution in [3.8, 4) is 17.0 Å². The number of rotatable bonds is 8. The molecule has 0 bridgehead atoms. The van der Waals surface area contributed by atoms with Gasteiger partial charge in [-0.1, -0.05) is 24.3 Å². The van der Waals surface area contributed by atoms with Crippen LogP contribution in [0.25, 0.3) is 11.3 Å². The summed E-state index contributed by atoms with van der Waals surface area (Å²) in [7, 11) is 1.61. The fourth-order valence-electron chi connectivity index (χ4n) is 2.95. The largest absolute Gasteiger partial charge is 0.497 e. The maximum atomic E-state index is 12.3. The molecule has 1 aromatic heterocycles. The topological polar surface area (TPSA) is 82.6 Å². The van der Waals surface area contributed by atoms with Crippen molar-refractivity contribution in [2.24, 2.45) is 5.10 Å². The minimum atomic E-state index is -0.359. The summed E-state index contributed by atoms with van der Waals surface area (Å²) in [6.07, 6.45) is 1.61. The highest BCUT2D eigenvalue weighted by molar-refractivity contribution is 5.94. The average Bonchev–Trinajstić information content (AvgIpc) is 3.26. The van der Waals surface area contributed by atoms with Crippen molar-refractivity contribution >= 4 is 17.8 Å². The standard InChI is InChI=1S/C22H25N5O2/c1-4-27(5-2)18-11-9-16(10-12-18)15-23-26-22(28)21-14-20(24-25-21)17-7-6-8-19(13-17)29-3/h6-15H,4-5H2,1-3H3,(H,24,25)(H,26,28)/b23-15-. The number of nitrogens with zero attached hydrogens (tertiary/aromatic N) is 3. The molecule has 0 spiro atoms. The van der Waals surface area contributed by atoms with Gasteiger partial charge in [-0.25, -0.2) is 5.43 Å². The lowest BCUT2D eigenvalue weighted by atomic mass is 10.1. The number of benzene rings is 2. The first-order chi connectivity index (χ1) is 14.1. The summed E-state index contributed by atoms with van der Waals surface area (Å²) in [5.41, 5.74) is 6.44. The van der Waals surface area contributed by atoms with Crippen LogP contribution in [0.4, 0.5) is 5.69 Å². The number of methoxy groups -OCH3 is 1. The molecule has 0 aliphatic heterocycles. The monoisotopic (exact) mass is 391 g/mol. The number of aromatic amines is 1. The molecule has 29 heavy (non-hydrogen) atoms. The van der Waals surface area contributed by atoms with E-state index in [0.717, 1.165) is 30.0 Å². The molecule has 150 valence electrons. The van der Waals surface area contributed by atoms with Crippen molar-refractivity contribution in [1.82, 2.24) is 15.6 Å². The zero-order chi connectivity index (χ0) is 20.6. The Hall–Kier alpha value is -3.61. The molecule has 2 N–H and O–H groups in total. The molecule has 2 aromatic carbocycles. The van der Waals surface area contributed by atoms with Gasteiger partial charge < -0.3 is 9.64 Å². The first-order valence-corrected chi connectivity index (χ1v) is 9.52. The van der Waals surface area contributed by atoms with E-state index in [0.29, 0.717) is 11.4 Å². The van der Waals surface area contributed by atoms with Crippen LogP contribution >= 0.6 is 0 Å². The summed E-state index contributed by atoms with van der Waals surface area (Å²) < 4.78 is 5.22.